The van der Waals surface area contributed by atoms with Crippen LogP contribution in [-0.4, -0.2) is 25.1 Å². The highest BCUT2D eigenvalue weighted by Gasteiger charge is 2.12. The molecule has 0 bridgehead atoms. The van der Waals surface area contributed by atoms with E-state index in [1.54, 1.807) is 7.11 Å². The highest BCUT2D eigenvalue weighted by atomic mass is 16.5. The molecule has 0 heterocycles. The van der Waals surface area contributed by atoms with Gasteiger partial charge in [0.2, 0.25) is 0 Å². The molecule has 0 fully saturated rings. The van der Waals surface area contributed by atoms with Crippen LogP contribution in [0.2, 0.25) is 0 Å². The Balaban J connectivity index is 3.50. The van der Waals surface area contributed by atoms with Gasteiger partial charge in [-0.25, -0.2) is 0 Å². The first-order valence-corrected chi connectivity index (χ1v) is 3.15. The van der Waals surface area contributed by atoms with Crippen LogP contribution >= 0.6 is 0 Å². The van der Waals surface area contributed by atoms with Crippen LogP contribution in [0, 0.1) is 5.92 Å². The highest BCUT2D eigenvalue weighted by Crippen LogP contribution is 2.04. The summed E-state index contributed by atoms with van der Waals surface area (Å²) in [4.78, 5) is 0. The summed E-state index contributed by atoms with van der Waals surface area (Å²) in [5, 5.41) is 8.67. The third-order valence-electron chi connectivity index (χ3n) is 1.50. The Hall–Kier alpha value is -0.120. The summed E-state index contributed by atoms with van der Waals surface area (Å²) in [7, 11) is 1.54. The summed E-state index contributed by atoms with van der Waals surface area (Å²) in [5.74, 6) is 0.0787. The van der Waals surface area contributed by atoms with E-state index < -0.39 is 0 Å². The second kappa shape index (κ2) is 4.73. The molecule has 0 radical (unpaired) electrons. The smallest absolute Gasteiger partial charge is 0.110 e. The van der Waals surface area contributed by atoms with Crippen LogP contribution in [0.15, 0.2) is 0 Å². The molecule has 56 valence electrons. The zero-order chi connectivity index (χ0) is 7.28. The fraction of sp³-hybridized carbons (Fsp3) is 1.00. The van der Waals surface area contributed by atoms with Crippen molar-refractivity contribution in [1.29, 1.82) is 0 Å². The number of rotatable bonds is 4. The number of ether oxygens (including phenoxy) is 1. The molecular weight excluding hydrogens is 118 g/mol. The monoisotopic (exact) mass is 133 g/mol. The first-order chi connectivity index (χ1) is 4.26. The predicted molar refractivity (Wildman–Crippen MR) is 35.9 cm³/mol. The third kappa shape index (κ3) is 2.79. The average molecular weight is 133 g/mol. The molecule has 1 unspecified atom stereocenters. The summed E-state index contributed by atoms with van der Waals surface area (Å²) < 4.78 is 4.81. The van der Waals surface area contributed by atoms with Crippen molar-refractivity contribution in [2.24, 2.45) is 11.7 Å². The molecule has 2 atom stereocenters. The van der Waals surface area contributed by atoms with Gasteiger partial charge in [-0.15, -0.1) is 0 Å². The van der Waals surface area contributed by atoms with E-state index in [-0.39, 0.29) is 18.8 Å². The van der Waals surface area contributed by atoms with E-state index in [4.69, 9.17) is 15.6 Å². The minimum atomic E-state index is -0.319. The van der Waals surface area contributed by atoms with Crippen LogP contribution in [0.5, 0.6) is 0 Å². The van der Waals surface area contributed by atoms with Gasteiger partial charge in [0.1, 0.15) is 6.23 Å². The fourth-order valence-electron chi connectivity index (χ4n) is 0.658. The molecule has 3 N–H and O–H groups in total. The lowest BCUT2D eigenvalue weighted by Crippen LogP contribution is -2.33. The molecule has 3 heteroatoms. The van der Waals surface area contributed by atoms with Gasteiger partial charge in [0.15, 0.2) is 0 Å². The average Bonchev–Trinajstić information content (AvgIpc) is 1.90. The molecule has 0 saturated heterocycles. The van der Waals surface area contributed by atoms with Gasteiger partial charge in [0.05, 0.1) is 0 Å². The van der Waals surface area contributed by atoms with E-state index in [1.165, 1.54) is 0 Å². The molecule has 0 saturated carbocycles. The maximum Gasteiger partial charge on any atom is 0.110 e. The number of aliphatic hydroxyl groups is 1. The molecule has 0 aromatic rings. The van der Waals surface area contributed by atoms with Gasteiger partial charge in [-0.3, -0.25) is 0 Å². The zero-order valence-electron chi connectivity index (χ0n) is 6.00. The molecule has 0 amide bonds. The third-order valence-corrected chi connectivity index (χ3v) is 1.50. The number of methoxy groups -OCH3 is 1. The predicted octanol–water partition coefficient (Wildman–Crippen LogP) is -0.0639. The van der Waals surface area contributed by atoms with Crippen LogP contribution in [0.1, 0.15) is 13.3 Å². The molecule has 0 aliphatic carbocycles. The molecule has 0 rings (SSSR count). The molecule has 0 aliphatic heterocycles. The summed E-state index contributed by atoms with van der Waals surface area (Å²) in [6, 6.07) is 0. The molecule has 0 aromatic heterocycles. The van der Waals surface area contributed by atoms with Crippen molar-refractivity contribution < 1.29 is 9.84 Å². The van der Waals surface area contributed by atoms with Crippen LogP contribution in [-0.2, 0) is 4.74 Å². The van der Waals surface area contributed by atoms with E-state index in [2.05, 4.69) is 0 Å². The van der Waals surface area contributed by atoms with Crippen molar-refractivity contribution in [3.63, 3.8) is 0 Å². The lowest BCUT2D eigenvalue weighted by atomic mass is 10.1. The SMILES string of the molecule is CCC(CO)[C@@H](N)OC. The van der Waals surface area contributed by atoms with Crippen LogP contribution in [0.4, 0.5) is 0 Å². The summed E-state index contributed by atoms with van der Waals surface area (Å²) in [6.45, 7) is 2.07. The van der Waals surface area contributed by atoms with Crippen molar-refractivity contribution in [3.05, 3.63) is 0 Å². The van der Waals surface area contributed by atoms with Crippen LogP contribution in [0.3, 0.4) is 0 Å². The number of nitrogens with two attached hydrogens (primary N) is 1. The van der Waals surface area contributed by atoms with Gasteiger partial charge >= 0.3 is 0 Å². The Morgan fingerprint density at radius 2 is 2.22 bits per heavy atom. The molecule has 0 spiro atoms. The van der Waals surface area contributed by atoms with Crippen LogP contribution in [0.25, 0.3) is 0 Å². The van der Waals surface area contributed by atoms with Crippen molar-refractivity contribution in [2.45, 2.75) is 19.6 Å². The van der Waals surface area contributed by atoms with Gasteiger partial charge in [0, 0.05) is 19.6 Å². The first kappa shape index (κ1) is 8.88. The topological polar surface area (TPSA) is 55.5 Å². The maximum absolute atomic E-state index is 8.67. The number of hydrogen-bond donors (Lipinski definition) is 2. The van der Waals surface area contributed by atoms with Crippen molar-refractivity contribution in [1.82, 2.24) is 0 Å². The lowest BCUT2D eigenvalue weighted by Gasteiger charge is -2.17. The normalized spacial score (nSPS) is 17.3. The highest BCUT2D eigenvalue weighted by molar-refractivity contribution is 4.60. The second-order valence-electron chi connectivity index (χ2n) is 2.05. The largest absolute Gasteiger partial charge is 0.396 e. The van der Waals surface area contributed by atoms with Gasteiger partial charge in [-0.1, -0.05) is 6.92 Å². The van der Waals surface area contributed by atoms with Gasteiger partial charge in [-0.05, 0) is 6.42 Å². The Morgan fingerprint density at radius 1 is 1.67 bits per heavy atom. The summed E-state index contributed by atoms with van der Waals surface area (Å²) >= 11 is 0. The zero-order valence-corrected chi connectivity index (χ0v) is 6.00. The van der Waals surface area contributed by atoms with E-state index in [0.29, 0.717) is 0 Å². The lowest BCUT2D eigenvalue weighted by molar-refractivity contribution is 0.0291. The van der Waals surface area contributed by atoms with E-state index in [1.807, 2.05) is 6.92 Å². The summed E-state index contributed by atoms with van der Waals surface area (Å²) in [6.07, 6.45) is 0.533. The molecule has 3 nitrogen and oxygen atoms in total. The molecule has 0 aliphatic rings. The van der Waals surface area contributed by atoms with Crippen molar-refractivity contribution in [2.75, 3.05) is 13.7 Å². The van der Waals surface area contributed by atoms with Gasteiger partial charge < -0.3 is 15.6 Å². The number of hydrogen-bond acceptors (Lipinski definition) is 3. The van der Waals surface area contributed by atoms with Gasteiger partial charge in [-0.2, -0.15) is 0 Å². The van der Waals surface area contributed by atoms with Gasteiger partial charge in [0.25, 0.3) is 0 Å². The van der Waals surface area contributed by atoms with E-state index in [0.717, 1.165) is 6.42 Å². The Bertz CT molecular complexity index is 64.1. The Labute approximate surface area is 55.8 Å². The minimum Gasteiger partial charge on any atom is -0.396 e. The standard InChI is InChI=1S/C6H15NO2/c1-3-5(4-8)6(7)9-2/h5-6,8H,3-4,7H2,1-2H3/t5?,6-/m0/s1. The Morgan fingerprint density at radius 3 is 2.33 bits per heavy atom. The van der Waals surface area contributed by atoms with E-state index in [9.17, 15) is 0 Å². The Kier molecular flexibility index (Phi) is 4.67. The van der Waals surface area contributed by atoms with Crippen molar-refractivity contribution in [3.8, 4) is 0 Å². The molecule has 0 aromatic carbocycles. The van der Waals surface area contributed by atoms with E-state index >= 15 is 0 Å². The number of aliphatic hydroxyl groups excluding tert-OH is 1. The minimum absolute atomic E-state index is 0.0787. The van der Waals surface area contributed by atoms with Crippen LogP contribution < -0.4 is 5.73 Å². The fourth-order valence-corrected chi connectivity index (χ4v) is 0.658. The maximum atomic E-state index is 8.67. The first-order valence-electron chi connectivity index (χ1n) is 3.15. The summed E-state index contributed by atoms with van der Waals surface area (Å²) in [5.41, 5.74) is 5.46. The second-order valence-corrected chi connectivity index (χ2v) is 2.05. The molecule has 9 heavy (non-hydrogen) atoms. The van der Waals surface area contributed by atoms with Crippen molar-refractivity contribution >= 4 is 0 Å². The quantitative estimate of drug-likeness (QED) is 0.528. The molecular formula is C6H15NO2.